The number of aromatic nitrogens is 1. The highest BCUT2D eigenvalue weighted by Crippen LogP contribution is 2.30. The molecule has 0 spiro atoms. The Labute approximate surface area is 135 Å². The second-order valence-corrected chi connectivity index (χ2v) is 7.10. The molecule has 8 nitrogen and oxygen atoms in total. The average molecular weight is 349 g/mol. The molecule has 23 heavy (non-hydrogen) atoms. The molecule has 10 heteroatoms. The number of non-ortho nitro benzene ring substituents is 2. The molecule has 3 aromatic rings. The Balaban J connectivity index is 2.10. The summed E-state index contributed by atoms with van der Waals surface area (Å²) >= 11 is 1.18. The molecule has 0 saturated heterocycles. The first-order chi connectivity index (χ1) is 11.0. The van der Waals surface area contributed by atoms with E-state index < -0.39 is 32.0 Å². The van der Waals surface area contributed by atoms with E-state index in [1.807, 2.05) is 12.1 Å². The lowest BCUT2D eigenvalue weighted by molar-refractivity contribution is -0.394. The first-order valence-electron chi connectivity index (χ1n) is 6.17. The highest BCUT2D eigenvalue weighted by atomic mass is 32.2. The lowest BCUT2D eigenvalue weighted by atomic mass is 10.3. The van der Waals surface area contributed by atoms with Crippen LogP contribution in [-0.4, -0.2) is 19.0 Å². The topological polar surface area (TPSA) is 116 Å². The van der Waals surface area contributed by atoms with E-state index in [-0.39, 0.29) is 9.24 Å². The number of para-hydroxylation sites is 1. The van der Waals surface area contributed by atoms with Gasteiger partial charge in [-0.3, -0.25) is 20.2 Å². The van der Waals surface area contributed by atoms with Gasteiger partial charge < -0.3 is 0 Å². The summed E-state index contributed by atoms with van der Waals surface area (Å²) in [5.74, 6) is 0. The van der Waals surface area contributed by atoms with Crippen LogP contribution in [0.2, 0.25) is 0 Å². The van der Waals surface area contributed by atoms with Gasteiger partial charge in [-0.15, -0.1) is 11.3 Å². The predicted octanol–water partition coefficient (Wildman–Crippen LogP) is 3.28. The zero-order valence-corrected chi connectivity index (χ0v) is 12.9. The van der Waals surface area contributed by atoms with E-state index in [4.69, 9.17) is 0 Å². The van der Waals surface area contributed by atoms with E-state index in [0.29, 0.717) is 5.52 Å². The molecule has 0 radical (unpaired) electrons. The molecule has 0 N–H and O–H groups in total. The van der Waals surface area contributed by atoms with Crippen molar-refractivity contribution in [2.45, 2.75) is 9.24 Å². The third-order valence-corrected chi connectivity index (χ3v) is 5.55. The van der Waals surface area contributed by atoms with Crippen LogP contribution in [0.4, 0.5) is 11.4 Å². The molecule has 116 valence electrons. The minimum absolute atomic E-state index is 0.0232. The van der Waals surface area contributed by atoms with Crippen LogP contribution in [0.3, 0.4) is 0 Å². The van der Waals surface area contributed by atoms with Crippen molar-refractivity contribution in [1.29, 1.82) is 0 Å². The fourth-order valence-electron chi connectivity index (χ4n) is 1.92. The van der Waals surface area contributed by atoms with Gasteiger partial charge in [0.1, 0.15) is 10.8 Å². The summed E-state index contributed by atoms with van der Waals surface area (Å²) in [4.78, 5) is 24.5. The minimum atomic E-state index is -1.83. The third kappa shape index (κ3) is 2.94. The van der Waals surface area contributed by atoms with Gasteiger partial charge in [0, 0.05) is 12.1 Å². The normalized spacial score (nSPS) is 12.2. The molecular formula is C13H7N3O5S2. The summed E-state index contributed by atoms with van der Waals surface area (Å²) < 4.78 is 13.6. The highest BCUT2D eigenvalue weighted by molar-refractivity contribution is 7.87. The molecular weight excluding hydrogens is 342 g/mol. The summed E-state index contributed by atoms with van der Waals surface area (Å²) in [5, 5.41) is 21.8. The number of nitro benzene ring substituents is 2. The number of thiazole rings is 1. The first kappa shape index (κ1) is 15.2. The van der Waals surface area contributed by atoms with Crippen molar-refractivity contribution in [2.24, 2.45) is 0 Å². The Morgan fingerprint density at radius 1 is 1.00 bits per heavy atom. The van der Waals surface area contributed by atoms with Gasteiger partial charge in [0.05, 0.1) is 31.0 Å². The Morgan fingerprint density at radius 2 is 1.61 bits per heavy atom. The van der Waals surface area contributed by atoms with Crippen molar-refractivity contribution < 1.29 is 14.1 Å². The van der Waals surface area contributed by atoms with Crippen LogP contribution in [0, 0.1) is 20.2 Å². The number of rotatable bonds is 4. The maximum atomic E-state index is 12.6. The Kier molecular flexibility index (Phi) is 3.84. The Morgan fingerprint density at radius 3 is 2.17 bits per heavy atom. The van der Waals surface area contributed by atoms with Gasteiger partial charge in [-0.2, -0.15) is 0 Å². The largest absolute Gasteiger partial charge is 0.277 e. The van der Waals surface area contributed by atoms with Gasteiger partial charge in [-0.25, -0.2) is 9.19 Å². The molecule has 1 atom stereocenters. The van der Waals surface area contributed by atoms with Crippen molar-refractivity contribution in [3.63, 3.8) is 0 Å². The number of nitro groups is 2. The van der Waals surface area contributed by atoms with Gasteiger partial charge in [-0.05, 0) is 12.1 Å². The molecule has 0 bridgehead atoms. The van der Waals surface area contributed by atoms with Crippen LogP contribution >= 0.6 is 11.3 Å². The average Bonchev–Trinajstić information content (AvgIpc) is 2.97. The molecule has 0 aliphatic heterocycles. The molecule has 0 saturated carbocycles. The number of benzene rings is 2. The van der Waals surface area contributed by atoms with Crippen LogP contribution in [0.25, 0.3) is 10.2 Å². The lowest BCUT2D eigenvalue weighted by Gasteiger charge is -1.99. The monoisotopic (exact) mass is 349 g/mol. The third-order valence-electron chi connectivity index (χ3n) is 2.94. The van der Waals surface area contributed by atoms with Crippen LogP contribution in [0.15, 0.2) is 51.7 Å². The van der Waals surface area contributed by atoms with Crippen molar-refractivity contribution in [3.8, 4) is 0 Å². The van der Waals surface area contributed by atoms with Crippen molar-refractivity contribution >= 4 is 43.7 Å². The number of hydrogen-bond donors (Lipinski definition) is 0. The molecule has 0 aliphatic rings. The van der Waals surface area contributed by atoms with E-state index in [9.17, 15) is 24.4 Å². The SMILES string of the molecule is O=[N+]([O-])c1cc([N+](=O)[O-])cc(S(=O)c2nc3ccccc3s2)c1. The standard InChI is InChI=1S/C13H7N3O5S2/c17-15(18)8-5-9(16(19)20)7-10(6-8)23(21)13-14-11-3-1-2-4-12(11)22-13/h1-7H. The fraction of sp³-hybridized carbons (Fsp3) is 0. The fourth-order valence-corrected chi connectivity index (χ4v) is 4.31. The molecule has 0 fully saturated rings. The number of hydrogen-bond acceptors (Lipinski definition) is 7. The lowest BCUT2D eigenvalue weighted by Crippen LogP contribution is -1.98. The van der Waals surface area contributed by atoms with Gasteiger partial charge in [0.25, 0.3) is 11.4 Å². The molecule has 1 unspecified atom stereocenters. The second kappa shape index (κ2) is 5.82. The Hall–Kier alpha value is -2.72. The minimum Gasteiger partial charge on any atom is -0.258 e. The van der Waals surface area contributed by atoms with Crippen LogP contribution < -0.4 is 0 Å². The second-order valence-electron chi connectivity index (χ2n) is 4.42. The van der Waals surface area contributed by atoms with Crippen molar-refractivity contribution in [3.05, 3.63) is 62.7 Å². The van der Waals surface area contributed by atoms with Crippen LogP contribution in [-0.2, 0) is 10.8 Å². The molecule has 2 aromatic carbocycles. The molecule has 1 heterocycles. The Bertz CT molecular complexity index is 904. The summed E-state index contributed by atoms with van der Waals surface area (Å²) in [6, 6.07) is 10.1. The zero-order chi connectivity index (χ0) is 16.6. The van der Waals surface area contributed by atoms with E-state index in [1.54, 1.807) is 12.1 Å². The van der Waals surface area contributed by atoms with E-state index in [0.717, 1.165) is 22.9 Å². The van der Waals surface area contributed by atoms with Gasteiger partial charge in [0.2, 0.25) is 0 Å². The maximum absolute atomic E-state index is 12.6. The van der Waals surface area contributed by atoms with E-state index >= 15 is 0 Å². The zero-order valence-electron chi connectivity index (χ0n) is 11.2. The molecule has 1 aromatic heterocycles. The van der Waals surface area contributed by atoms with Gasteiger partial charge in [-0.1, -0.05) is 12.1 Å². The predicted molar refractivity (Wildman–Crippen MR) is 84.0 cm³/mol. The van der Waals surface area contributed by atoms with Crippen LogP contribution in [0.5, 0.6) is 0 Å². The van der Waals surface area contributed by atoms with Gasteiger partial charge >= 0.3 is 0 Å². The van der Waals surface area contributed by atoms with Crippen LogP contribution in [0.1, 0.15) is 0 Å². The van der Waals surface area contributed by atoms with E-state index in [2.05, 4.69) is 4.98 Å². The quantitative estimate of drug-likeness (QED) is 0.527. The maximum Gasteiger partial charge on any atom is 0.277 e. The highest BCUT2D eigenvalue weighted by Gasteiger charge is 2.21. The summed E-state index contributed by atoms with van der Waals surface area (Å²) in [7, 11) is -1.83. The van der Waals surface area contributed by atoms with E-state index in [1.165, 1.54) is 11.3 Å². The summed E-state index contributed by atoms with van der Waals surface area (Å²) in [6.07, 6.45) is 0. The molecule has 0 amide bonds. The van der Waals surface area contributed by atoms with Crippen molar-refractivity contribution in [1.82, 2.24) is 4.98 Å². The smallest absolute Gasteiger partial charge is 0.258 e. The molecule has 3 rings (SSSR count). The number of fused-ring (bicyclic) bond motifs is 1. The summed E-state index contributed by atoms with van der Waals surface area (Å²) in [5.41, 5.74) is -0.312. The number of nitrogens with zero attached hydrogens (tertiary/aromatic N) is 3. The van der Waals surface area contributed by atoms with Gasteiger partial charge in [0.15, 0.2) is 4.34 Å². The first-order valence-corrected chi connectivity index (χ1v) is 8.13. The summed E-state index contributed by atoms with van der Waals surface area (Å²) in [6.45, 7) is 0. The molecule has 0 aliphatic carbocycles. The van der Waals surface area contributed by atoms with Crippen molar-refractivity contribution in [2.75, 3.05) is 0 Å².